The predicted octanol–water partition coefficient (Wildman–Crippen LogP) is 8.75. The molecule has 25 heteroatoms. The molecule has 0 aliphatic rings. The molecule has 0 saturated heterocycles. The fourth-order valence-corrected chi connectivity index (χ4v) is 5.97. The molecule has 0 unspecified atom stereocenters. The molecule has 0 saturated carbocycles. The number of rotatable bonds is 5. The Morgan fingerprint density at radius 3 is 0.729 bits per heavy atom. The Labute approximate surface area is 313 Å². The van der Waals surface area contributed by atoms with E-state index >= 15 is 35.1 Å². The van der Waals surface area contributed by atoms with Gasteiger partial charge in [0, 0.05) is 6.07 Å². The van der Waals surface area contributed by atoms with E-state index in [0.29, 0.717) is 10.2 Å². The van der Waals surface area contributed by atoms with Crippen LogP contribution in [0.5, 0.6) is 0 Å². The number of hydrogen-bond donors (Lipinski definition) is 0. The zero-order chi connectivity index (χ0) is 45.3. The lowest BCUT2D eigenvalue weighted by Crippen LogP contribution is -2.81. The average Bonchev–Trinajstić information content (AvgIpc) is 3.17. The van der Waals surface area contributed by atoms with E-state index in [4.69, 9.17) is 0 Å². The van der Waals surface area contributed by atoms with Crippen molar-refractivity contribution in [2.45, 2.75) is 6.18 Å². The van der Waals surface area contributed by atoms with Gasteiger partial charge in [-0.05, 0) is 12.1 Å². The molecule has 5 aromatic carbocycles. The van der Waals surface area contributed by atoms with Gasteiger partial charge in [-0.3, -0.25) is 4.48 Å². The molecule has 59 heavy (non-hydrogen) atoms. The highest BCUT2D eigenvalue weighted by molar-refractivity contribution is 7.20. The molecule has 0 atom stereocenters. The van der Waals surface area contributed by atoms with E-state index in [-0.39, 0.29) is 0 Å². The number of hydrogen-bond acceptors (Lipinski definition) is 0. The van der Waals surface area contributed by atoms with Gasteiger partial charge in [-0.2, -0.15) is 13.2 Å². The molecule has 0 radical (unpaired) electrons. The Morgan fingerprint density at radius 2 is 0.542 bits per heavy atom. The minimum absolute atomic E-state index is 0.379. The summed E-state index contributed by atoms with van der Waals surface area (Å²) in [5, 5.41) is 0. The van der Waals surface area contributed by atoms with Crippen LogP contribution in [0.4, 0.5) is 107 Å². The van der Waals surface area contributed by atoms with Gasteiger partial charge in [0.25, 0.3) is 0 Å². The van der Waals surface area contributed by atoms with Crippen molar-refractivity contribution in [3.63, 3.8) is 0 Å². The molecule has 0 heterocycles. The first-order valence-corrected chi connectivity index (χ1v) is 15.1. The van der Waals surface area contributed by atoms with Gasteiger partial charge in [0.15, 0.2) is 69.8 Å². The summed E-state index contributed by atoms with van der Waals surface area (Å²) in [4.78, 5) is 0. The normalized spacial score (nSPS) is 12.2. The predicted molar refractivity (Wildman–Crippen MR) is 160 cm³/mol. The van der Waals surface area contributed by atoms with E-state index in [1.54, 1.807) is 6.07 Å². The summed E-state index contributed by atoms with van der Waals surface area (Å²) in [6.45, 7) is 0. The molecule has 1 nitrogen and oxygen atoms in total. The smallest absolute Gasteiger partial charge is 0.298 e. The number of nitrogens with zero attached hydrogens (tertiary/aromatic N) is 1. The van der Waals surface area contributed by atoms with Crippen molar-refractivity contribution in [2.24, 2.45) is 0 Å². The molecule has 0 aromatic heterocycles. The monoisotopic (exact) mass is 883 g/mol. The minimum atomic E-state index is -7.22. The van der Waals surface area contributed by atoms with Gasteiger partial charge in [-0.1, -0.05) is 6.07 Å². The molecule has 5 aromatic rings. The Kier molecular flexibility index (Phi) is 12.2. The van der Waals surface area contributed by atoms with Gasteiger partial charge in [-0.25, -0.2) is 87.8 Å². The summed E-state index contributed by atoms with van der Waals surface area (Å²) in [5.74, 6) is -71.4. The molecular weight excluding hydrogens is 870 g/mol. The highest BCUT2D eigenvalue weighted by atomic mass is 19.4. The third-order valence-corrected chi connectivity index (χ3v) is 8.66. The summed E-state index contributed by atoms with van der Waals surface area (Å²) in [6, 6.07) is 5.38. The van der Waals surface area contributed by atoms with Crippen LogP contribution in [0.1, 0.15) is 5.56 Å². The fraction of sp³-hybridized carbons (Fsp3) is 0.118. The quantitative estimate of drug-likeness (QED) is 0.0545. The van der Waals surface area contributed by atoms with Gasteiger partial charge in [0.05, 0.1) is 26.7 Å². The molecule has 0 fully saturated rings. The molecular formula is C34H13BF23N. The van der Waals surface area contributed by atoms with E-state index < -0.39 is 156 Å². The average molecular weight is 883 g/mol. The van der Waals surface area contributed by atoms with Crippen molar-refractivity contribution in [2.75, 3.05) is 21.1 Å². The first-order valence-electron chi connectivity index (χ1n) is 15.1. The Balaban J connectivity index is 0.000000464. The molecule has 318 valence electrons. The van der Waals surface area contributed by atoms with Gasteiger partial charge in [0.1, 0.15) is 58.4 Å². The SMILES string of the molecule is C[N+](C)(C)c1cccc(C(F)(F)F)c1.Fc1c(F)c(F)c([B-](c2c(F)c(F)c(F)c(F)c2F)(c2c(F)c(F)c(F)c(F)c2F)c2c(F)c(F)c(F)c(F)c2F)c(F)c1F. The highest BCUT2D eigenvalue weighted by Crippen LogP contribution is 2.33. The topological polar surface area (TPSA) is 0 Å². The van der Waals surface area contributed by atoms with Crippen molar-refractivity contribution < 1.29 is 101 Å². The first-order chi connectivity index (χ1) is 26.9. The van der Waals surface area contributed by atoms with E-state index in [0.717, 1.165) is 6.07 Å². The standard InChI is InChI=1S/C24BF20.C10H13F3N/c26-5-1(6(27)14(35)21(42)13(5)34)25(2-7(28)15(36)22(43)16(37)8(2)29,3-9(30)17(38)23(44)18(39)10(3)31)4-11(32)19(40)24(45)20(41)12(4)33;1-14(2,3)9-6-4-5-8(7-9)10(11,12)13/h;4-7H,1-3H3/q-1;+1. The lowest BCUT2D eigenvalue weighted by Gasteiger charge is -2.44. The summed E-state index contributed by atoms with van der Waals surface area (Å²) in [5.41, 5.74) is -14.3. The Morgan fingerprint density at radius 1 is 0.339 bits per heavy atom. The zero-order valence-corrected chi connectivity index (χ0v) is 28.5. The van der Waals surface area contributed by atoms with E-state index in [9.17, 15) is 65.9 Å². The molecule has 5 rings (SSSR count). The van der Waals surface area contributed by atoms with E-state index in [2.05, 4.69) is 0 Å². The second-order valence-electron chi connectivity index (χ2n) is 12.9. The maximum atomic E-state index is 15.4. The maximum Gasteiger partial charge on any atom is 0.416 e. The van der Waals surface area contributed by atoms with Gasteiger partial charge in [-0.15, -0.1) is 21.9 Å². The lowest BCUT2D eigenvalue weighted by atomic mass is 9.12. The van der Waals surface area contributed by atoms with Crippen molar-refractivity contribution >= 4 is 33.7 Å². The summed E-state index contributed by atoms with van der Waals surface area (Å²) in [6.07, 6.45) is -11.5. The molecule has 0 aliphatic heterocycles. The summed E-state index contributed by atoms with van der Waals surface area (Å²) < 4.78 is 331. The van der Waals surface area contributed by atoms with Crippen LogP contribution in [-0.4, -0.2) is 27.3 Å². The maximum absolute atomic E-state index is 15.4. The van der Waals surface area contributed by atoms with Crippen LogP contribution < -0.4 is 26.3 Å². The van der Waals surface area contributed by atoms with E-state index in [1.807, 2.05) is 21.1 Å². The van der Waals surface area contributed by atoms with Crippen LogP contribution in [-0.2, 0) is 6.18 Å². The van der Waals surface area contributed by atoms with Crippen LogP contribution in [0.2, 0.25) is 0 Å². The first kappa shape index (κ1) is 46.2. The molecule has 0 bridgehead atoms. The van der Waals surface area contributed by atoms with Gasteiger partial charge in [0.2, 0.25) is 0 Å². The van der Waals surface area contributed by atoms with Crippen LogP contribution >= 0.6 is 0 Å². The number of quaternary nitrogens is 1. The minimum Gasteiger partial charge on any atom is -0.298 e. The second kappa shape index (κ2) is 15.6. The van der Waals surface area contributed by atoms with Crippen LogP contribution in [0.25, 0.3) is 0 Å². The van der Waals surface area contributed by atoms with E-state index in [1.165, 1.54) is 12.1 Å². The molecule has 0 aliphatic carbocycles. The van der Waals surface area contributed by atoms with Crippen LogP contribution in [0, 0.1) is 116 Å². The summed E-state index contributed by atoms with van der Waals surface area (Å²) in [7, 11) is 5.49. The Hall–Kier alpha value is -5.49. The Bertz CT molecular complexity index is 2110. The highest BCUT2D eigenvalue weighted by Gasteiger charge is 2.52. The molecule has 0 N–H and O–H groups in total. The zero-order valence-electron chi connectivity index (χ0n) is 28.5. The molecule has 0 amide bonds. The largest absolute Gasteiger partial charge is 0.416 e. The van der Waals surface area contributed by atoms with Crippen molar-refractivity contribution in [3.8, 4) is 0 Å². The number of benzene rings is 5. The third kappa shape index (κ3) is 7.19. The van der Waals surface area contributed by atoms with Crippen LogP contribution in [0.3, 0.4) is 0 Å². The lowest BCUT2D eigenvalue weighted by molar-refractivity contribution is -0.137. The second-order valence-corrected chi connectivity index (χ2v) is 12.9. The third-order valence-electron chi connectivity index (χ3n) is 8.66. The summed E-state index contributed by atoms with van der Waals surface area (Å²) >= 11 is 0. The number of halogens is 23. The van der Waals surface area contributed by atoms with Gasteiger partial charge < -0.3 is 0 Å². The van der Waals surface area contributed by atoms with Crippen LogP contribution in [0.15, 0.2) is 24.3 Å². The van der Waals surface area contributed by atoms with Crippen molar-refractivity contribution in [1.82, 2.24) is 4.48 Å². The molecule has 0 spiro atoms. The number of alkyl halides is 3. The van der Waals surface area contributed by atoms with Crippen molar-refractivity contribution in [1.29, 1.82) is 0 Å². The van der Waals surface area contributed by atoms with Gasteiger partial charge >= 0.3 is 6.18 Å². The fourth-order valence-electron chi connectivity index (χ4n) is 5.97. The van der Waals surface area contributed by atoms with Crippen molar-refractivity contribution in [3.05, 3.63) is 146 Å².